The van der Waals surface area contributed by atoms with Gasteiger partial charge in [0.05, 0.1) is 6.54 Å². The average molecular weight is 317 g/mol. The first-order valence-electron chi connectivity index (χ1n) is 8.18. The van der Waals surface area contributed by atoms with Crippen LogP contribution in [0.4, 0.5) is 5.69 Å². The predicted molar refractivity (Wildman–Crippen MR) is 92.1 cm³/mol. The summed E-state index contributed by atoms with van der Waals surface area (Å²) in [6.07, 6.45) is 1.48. The van der Waals surface area contributed by atoms with E-state index in [9.17, 15) is 9.59 Å². The summed E-state index contributed by atoms with van der Waals surface area (Å²) in [7, 11) is 0. The molecule has 0 unspecified atom stereocenters. The smallest absolute Gasteiger partial charge is 0.238 e. The Morgan fingerprint density at radius 2 is 1.74 bits per heavy atom. The molecule has 3 N–H and O–H groups in total. The van der Waals surface area contributed by atoms with Gasteiger partial charge in [-0.3, -0.25) is 14.5 Å². The van der Waals surface area contributed by atoms with Crippen LogP contribution in [0.1, 0.15) is 39.2 Å². The van der Waals surface area contributed by atoms with Crippen LogP contribution in [0, 0.1) is 5.92 Å². The lowest BCUT2D eigenvalue weighted by molar-refractivity contribution is -0.123. The van der Waals surface area contributed by atoms with Gasteiger partial charge in [-0.05, 0) is 49.0 Å². The van der Waals surface area contributed by atoms with Gasteiger partial charge in [-0.2, -0.15) is 0 Å². The van der Waals surface area contributed by atoms with Crippen molar-refractivity contribution in [1.82, 2.24) is 4.90 Å². The summed E-state index contributed by atoms with van der Waals surface area (Å²) in [6, 6.07) is 7.98. The Morgan fingerprint density at radius 1 is 1.17 bits per heavy atom. The summed E-state index contributed by atoms with van der Waals surface area (Å²) in [4.78, 5) is 25.3. The Hall–Kier alpha value is -1.88. The number of amides is 2. The number of likely N-dealkylation sites (tertiary alicyclic amines) is 1. The summed E-state index contributed by atoms with van der Waals surface area (Å²) < 4.78 is 0. The number of nitrogens with one attached hydrogen (secondary N) is 1. The first-order chi connectivity index (χ1) is 10.8. The molecule has 0 aromatic heterocycles. The third kappa shape index (κ3) is 5.06. The number of primary amides is 1. The van der Waals surface area contributed by atoms with Crippen LogP contribution in [0.3, 0.4) is 0 Å². The quantitative estimate of drug-likeness (QED) is 0.893. The molecule has 1 aromatic carbocycles. The predicted octanol–water partition coefficient (Wildman–Crippen LogP) is 2.12. The van der Waals surface area contributed by atoms with Crippen molar-refractivity contribution in [3.63, 3.8) is 0 Å². The molecule has 1 heterocycles. The highest BCUT2D eigenvalue weighted by molar-refractivity contribution is 5.92. The van der Waals surface area contributed by atoms with E-state index in [1.807, 2.05) is 24.3 Å². The van der Waals surface area contributed by atoms with Crippen molar-refractivity contribution < 1.29 is 9.59 Å². The molecule has 2 amide bonds. The Labute approximate surface area is 138 Å². The third-order valence-electron chi connectivity index (χ3n) is 4.39. The zero-order valence-corrected chi connectivity index (χ0v) is 14.3. The highest BCUT2D eigenvalue weighted by Gasteiger charge is 2.24. The van der Waals surface area contributed by atoms with Crippen molar-refractivity contribution in [2.24, 2.45) is 11.7 Å². The average Bonchev–Trinajstić information content (AvgIpc) is 2.47. The van der Waals surface area contributed by atoms with E-state index >= 15 is 0 Å². The van der Waals surface area contributed by atoms with Crippen LogP contribution in [-0.4, -0.2) is 36.3 Å². The summed E-state index contributed by atoms with van der Waals surface area (Å²) in [6.45, 7) is 8.32. The lowest BCUT2D eigenvalue weighted by Crippen LogP contribution is -2.42. The summed E-state index contributed by atoms with van der Waals surface area (Å²) in [5.41, 5.74) is 7.48. The minimum atomic E-state index is -0.229. The largest absolute Gasteiger partial charge is 0.369 e. The monoisotopic (exact) mass is 317 g/mol. The van der Waals surface area contributed by atoms with E-state index in [1.165, 1.54) is 5.56 Å². The molecule has 2 rings (SSSR count). The second-order valence-corrected chi connectivity index (χ2v) is 7.33. The fourth-order valence-electron chi connectivity index (χ4n) is 2.83. The number of hydrogen-bond acceptors (Lipinski definition) is 3. The van der Waals surface area contributed by atoms with Gasteiger partial charge >= 0.3 is 0 Å². The number of carbonyl (C=O) groups excluding carboxylic acids is 2. The van der Waals surface area contributed by atoms with E-state index in [0.29, 0.717) is 6.54 Å². The molecule has 126 valence electrons. The molecular formula is C18H27N3O2. The van der Waals surface area contributed by atoms with Gasteiger partial charge in [-0.15, -0.1) is 0 Å². The van der Waals surface area contributed by atoms with Gasteiger partial charge in [-0.1, -0.05) is 32.9 Å². The summed E-state index contributed by atoms with van der Waals surface area (Å²) >= 11 is 0. The molecule has 23 heavy (non-hydrogen) atoms. The molecule has 0 spiro atoms. The molecule has 1 fully saturated rings. The number of piperidine rings is 1. The Morgan fingerprint density at radius 3 is 2.22 bits per heavy atom. The zero-order chi connectivity index (χ0) is 17.0. The molecule has 0 aliphatic carbocycles. The number of anilines is 1. The number of benzene rings is 1. The van der Waals surface area contributed by atoms with Crippen molar-refractivity contribution in [2.45, 2.75) is 39.0 Å². The second kappa shape index (κ2) is 7.13. The Balaban J connectivity index is 1.82. The molecule has 0 radical (unpaired) electrons. The third-order valence-corrected chi connectivity index (χ3v) is 4.39. The van der Waals surface area contributed by atoms with E-state index in [2.05, 4.69) is 31.0 Å². The Kier molecular flexibility index (Phi) is 5.42. The highest BCUT2D eigenvalue weighted by Crippen LogP contribution is 2.23. The minimum absolute atomic E-state index is 0.0222. The lowest BCUT2D eigenvalue weighted by atomic mass is 9.87. The normalized spacial score (nSPS) is 17.0. The topological polar surface area (TPSA) is 75.4 Å². The van der Waals surface area contributed by atoms with Crippen LogP contribution in [0.5, 0.6) is 0 Å². The first kappa shape index (κ1) is 17.5. The van der Waals surface area contributed by atoms with Crippen molar-refractivity contribution >= 4 is 17.5 Å². The lowest BCUT2D eigenvalue weighted by Gasteiger charge is -2.29. The van der Waals surface area contributed by atoms with Crippen LogP contribution in [-0.2, 0) is 15.0 Å². The molecule has 0 saturated carbocycles. The fraction of sp³-hybridized carbons (Fsp3) is 0.556. The standard InChI is InChI=1S/C18H27N3O2/c1-18(2,3)14-4-6-15(7-5-14)20-16(22)12-21-10-8-13(9-11-21)17(19)23/h4-7,13H,8-12H2,1-3H3,(H2,19,23)(H,20,22). The number of nitrogens with two attached hydrogens (primary N) is 1. The molecule has 1 aromatic rings. The van der Waals surface area contributed by atoms with Gasteiger partial charge in [0, 0.05) is 11.6 Å². The van der Waals surface area contributed by atoms with E-state index in [0.717, 1.165) is 31.6 Å². The molecule has 1 saturated heterocycles. The molecule has 1 aliphatic heterocycles. The van der Waals surface area contributed by atoms with Crippen molar-refractivity contribution in [3.05, 3.63) is 29.8 Å². The highest BCUT2D eigenvalue weighted by atomic mass is 16.2. The van der Waals surface area contributed by atoms with E-state index in [4.69, 9.17) is 5.73 Å². The molecule has 0 bridgehead atoms. The van der Waals surface area contributed by atoms with Gasteiger partial charge in [-0.25, -0.2) is 0 Å². The van der Waals surface area contributed by atoms with E-state index in [1.54, 1.807) is 0 Å². The van der Waals surface area contributed by atoms with Crippen LogP contribution < -0.4 is 11.1 Å². The molecule has 5 nitrogen and oxygen atoms in total. The van der Waals surface area contributed by atoms with Gasteiger partial charge in [0.1, 0.15) is 0 Å². The maximum absolute atomic E-state index is 12.1. The summed E-state index contributed by atoms with van der Waals surface area (Å²) in [5, 5.41) is 2.93. The Bertz CT molecular complexity index is 553. The van der Waals surface area contributed by atoms with Crippen LogP contribution >= 0.6 is 0 Å². The van der Waals surface area contributed by atoms with E-state index in [-0.39, 0.29) is 23.1 Å². The van der Waals surface area contributed by atoms with Gasteiger partial charge in [0.15, 0.2) is 0 Å². The fourth-order valence-corrected chi connectivity index (χ4v) is 2.83. The maximum atomic E-state index is 12.1. The number of hydrogen-bond donors (Lipinski definition) is 2. The number of rotatable bonds is 4. The molecule has 5 heteroatoms. The van der Waals surface area contributed by atoms with Crippen molar-refractivity contribution in [2.75, 3.05) is 25.0 Å². The minimum Gasteiger partial charge on any atom is -0.369 e. The van der Waals surface area contributed by atoms with Crippen LogP contribution in [0.25, 0.3) is 0 Å². The van der Waals surface area contributed by atoms with Gasteiger partial charge in [0.25, 0.3) is 0 Å². The second-order valence-electron chi connectivity index (χ2n) is 7.33. The molecular weight excluding hydrogens is 290 g/mol. The van der Waals surface area contributed by atoms with Gasteiger partial charge < -0.3 is 11.1 Å². The van der Waals surface area contributed by atoms with Crippen molar-refractivity contribution in [3.8, 4) is 0 Å². The number of carbonyl (C=O) groups is 2. The maximum Gasteiger partial charge on any atom is 0.238 e. The van der Waals surface area contributed by atoms with Crippen molar-refractivity contribution in [1.29, 1.82) is 0 Å². The SMILES string of the molecule is CC(C)(C)c1ccc(NC(=O)CN2CCC(C(N)=O)CC2)cc1. The zero-order valence-electron chi connectivity index (χ0n) is 14.3. The molecule has 1 aliphatic rings. The van der Waals surface area contributed by atoms with E-state index < -0.39 is 0 Å². The van der Waals surface area contributed by atoms with Crippen LogP contribution in [0.15, 0.2) is 24.3 Å². The first-order valence-corrected chi connectivity index (χ1v) is 8.18. The van der Waals surface area contributed by atoms with Crippen LogP contribution in [0.2, 0.25) is 0 Å². The number of nitrogens with zero attached hydrogens (tertiary/aromatic N) is 1. The van der Waals surface area contributed by atoms with Gasteiger partial charge in [0.2, 0.25) is 11.8 Å². The molecule has 0 atom stereocenters. The summed E-state index contributed by atoms with van der Waals surface area (Å²) in [5.74, 6) is -0.293.